The molecule has 0 aliphatic rings. The van der Waals surface area contributed by atoms with E-state index in [2.05, 4.69) is 34.6 Å². The Bertz CT molecular complexity index is 179. The number of ketones is 1. The van der Waals surface area contributed by atoms with Gasteiger partial charge in [0.15, 0.2) is 0 Å². The Labute approximate surface area is 88.3 Å². The molecular weight excluding hydrogens is 174 g/mol. The second-order valence-electron chi connectivity index (χ2n) is 5.71. The third kappa shape index (κ3) is 7.07. The van der Waals surface area contributed by atoms with Crippen LogP contribution in [0.15, 0.2) is 0 Å². The molecule has 0 heterocycles. The Morgan fingerprint density at radius 1 is 1.29 bits per heavy atom. The number of hydrogen-bond donors (Lipinski definition) is 1. The van der Waals surface area contributed by atoms with Gasteiger partial charge in [0, 0.05) is 18.9 Å². The molecule has 0 fully saturated rings. The highest BCUT2D eigenvalue weighted by molar-refractivity contribution is 5.79. The maximum atomic E-state index is 11.5. The number of rotatable bonds is 5. The molecule has 0 saturated heterocycles. The minimum Gasteiger partial charge on any atom is -0.327 e. The lowest BCUT2D eigenvalue weighted by atomic mass is 9.88. The molecule has 14 heavy (non-hydrogen) atoms. The number of carbonyl (C=O) groups excluding carboxylic acids is 1. The molecule has 0 rings (SSSR count). The Kier molecular flexibility index (Phi) is 5.35. The van der Waals surface area contributed by atoms with Gasteiger partial charge in [-0.1, -0.05) is 34.6 Å². The number of carbonyl (C=O) groups is 1. The van der Waals surface area contributed by atoms with E-state index in [4.69, 9.17) is 5.73 Å². The molecule has 0 aliphatic heterocycles. The van der Waals surface area contributed by atoms with Crippen molar-refractivity contribution in [2.24, 2.45) is 17.1 Å². The van der Waals surface area contributed by atoms with E-state index in [0.717, 1.165) is 6.42 Å². The number of Topliss-reactive ketones (excluding diaryl/α,β-unsaturated/α-hetero) is 1. The van der Waals surface area contributed by atoms with Crippen LogP contribution in [-0.4, -0.2) is 11.8 Å². The average Bonchev–Trinajstić information content (AvgIpc) is 1.99. The van der Waals surface area contributed by atoms with Crippen molar-refractivity contribution in [2.45, 2.75) is 59.9 Å². The zero-order valence-electron chi connectivity index (χ0n) is 10.3. The predicted octanol–water partition coefficient (Wildman–Crippen LogP) is 2.76. The van der Waals surface area contributed by atoms with Gasteiger partial charge in [0.05, 0.1) is 0 Å². The zero-order valence-corrected chi connectivity index (χ0v) is 10.3. The molecule has 0 aromatic heterocycles. The minimum absolute atomic E-state index is 0.0301. The van der Waals surface area contributed by atoms with Crippen LogP contribution in [-0.2, 0) is 4.79 Å². The summed E-state index contributed by atoms with van der Waals surface area (Å²) in [5, 5.41) is 0. The molecule has 0 aromatic rings. The minimum atomic E-state index is 0.0301. The Hall–Kier alpha value is -0.370. The van der Waals surface area contributed by atoms with Crippen molar-refractivity contribution in [3.8, 4) is 0 Å². The number of nitrogens with two attached hydrogens (primary N) is 1. The second-order valence-corrected chi connectivity index (χ2v) is 5.71. The van der Waals surface area contributed by atoms with E-state index in [0.29, 0.717) is 24.5 Å². The summed E-state index contributed by atoms with van der Waals surface area (Å²) in [7, 11) is 0. The van der Waals surface area contributed by atoms with Crippen LogP contribution < -0.4 is 5.73 Å². The molecule has 84 valence electrons. The van der Waals surface area contributed by atoms with Crippen molar-refractivity contribution in [3.63, 3.8) is 0 Å². The Morgan fingerprint density at radius 2 is 1.79 bits per heavy atom. The van der Waals surface area contributed by atoms with Crippen LogP contribution in [0.3, 0.4) is 0 Å². The topological polar surface area (TPSA) is 43.1 Å². The van der Waals surface area contributed by atoms with Gasteiger partial charge >= 0.3 is 0 Å². The first-order valence-corrected chi connectivity index (χ1v) is 5.49. The maximum Gasteiger partial charge on any atom is 0.134 e. The van der Waals surface area contributed by atoms with E-state index in [-0.39, 0.29) is 11.5 Å². The predicted molar refractivity (Wildman–Crippen MR) is 61.1 cm³/mol. The van der Waals surface area contributed by atoms with E-state index < -0.39 is 0 Å². The van der Waals surface area contributed by atoms with Gasteiger partial charge in [-0.3, -0.25) is 4.79 Å². The van der Waals surface area contributed by atoms with Gasteiger partial charge in [-0.2, -0.15) is 0 Å². The highest BCUT2D eigenvalue weighted by Crippen LogP contribution is 2.21. The highest BCUT2D eigenvalue weighted by Gasteiger charge is 2.16. The van der Waals surface area contributed by atoms with Gasteiger partial charge in [0.1, 0.15) is 5.78 Å². The second kappa shape index (κ2) is 5.50. The summed E-state index contributed by atoms with van der Waals surface area (Å²) in [4.78, 5) is 11.5. The first kappa shape index (κ1) is 13.6. The molecule has 0 saturated carbocycles. The Morgan fingerprint density at radius 3 is 2.14 bits per heavy atom. The summed E-state index contributed by atoms with van der Waals surface area (Å²) < 4.78 is 0. The summed E-state index contributed by atoms with van der Waals surface area (Å²) in [6.07, 6.45) is 2.16. The molecule has 1 unspecified atom stereocenters. The molecule has 2 nitrogen and oxygen atoms in total. The van der Waals surface area contributed by atoms with E-state index >= 15 is 0 Å². The molecular formula is C12H25NO. The quantitative estimate of drug-likeness (QED) is 0.740. The summed E-state index contributed by atoms with van der Waals surface area (Å²) in [6, 6.07) is 0.0301. The average molecular weight is 199 g/mol. The third-order valence-electron chi connectivity index (χ3n) is 2.47. The lowest BCUT2D eigenvalue weighted by molar-refractivity contribution is -0.120. The summed E-state index contributed by atoms with van der Waals surface area (Å²) in [5.41, 5.74) is 6.08. The van der Waals surface area contributed by atoms with Crippen LogP contribution in [0.4, 0.5) is 0 Å². The molecule has 0 aliphatic carbocycles. The van der Waals surface area contributed by atoms with Gasteiger partial charge in [0.25, 0.3) is 0 Å². The third-order valence-corrected chi connectivity index (χ3v) is 2.47. The normalized spacial score (nSPS) is 14.5. The van der Waals surface area contributed by atoms with Gasteiger partial charge < -0.3 is 5.73 Å². The highest BCUT2D eigenvalue weighted by atomic mass is 16.1. The van der Waals surface area contributed by atoms with Gasteiger partial charge in [-0.05, 0) is 17.8 Å². The monoisotopic (exact) mass is 199 g/mol. The van der Waals surface area contributed by atoms with Crippen molar-refractivity contribution in [3.05, 3.63) is 0 Å². The molecule has 0 amide bonds. The molecule has 0 spiro atoms. The van der Waals surface area contributed by atoms with E-state index in [9.17, 15) is 4.79 Å². The van der Waals surface area contributed by atoms with Crippen molar-refractivity contribution in [1.29, 1.82) is 0 Å². The molecule has 1 atom stereocenters. The lowest BCUT2D eigenvalue weighted by Gasteiger charge is -2.19. The fraction of sp³-hybridized carbons (Fsp3) is 0.917. The molecule has 0 bridgehead atoms. The van der Waals surface area contributed by atoms with Crippen molar-refractivity contribution in [2.75, 3.05) is 0 Å². The SMILES string of the molecule is CC(C)C(N)CC(=O)CCC(C)(C)C. The zero-order chi connectivity index (χ0) is 11.4. The van der Waals surface area contributed by atoms with Gasteiger partial charge in [0.2, 0.25) is 0 Å². The number of hydrogen-bond acceptors (Lipinski definition) is 2. The largest absolute Gasteiger partial charge is 0.327 e. The molecule has 0 aromatic carbocycles. The van der Waals surface area contributed by atoms with E-state index in [1.165, 1.54) is 0 Å². The van der Waals surface area contributed by atoms with Gasteiger partial charge in [-0.15, -0.1) is 0 Å². The van der Waals surface area contributed by atoms with Crippen LogP contribution in [0.25, 0.3) is 0 Å². The first-order chi connectivity index (χ1) is 6.22. The summed E-state index contributed by atoms with van der Waals surface area (Å²) in [6.45, 7) is 10.6. The standard InChI is InChI=1S/C12H25NO/c1-9(2)11(13)8-10(14)6-7-12(3,4)5/h9,11H,6-8,13H2,1-5H3. The van der Waals surface area contributed by atoms with E-state index in [1.807, 2.05) is 0 Å². The molecule has 0 radical (unpaired) electrons. The van der Waals surface area contributed by atoms with E-state index in [1.54, 1.807) is 0 Å². The van der Waals surface area contributed by atoms with Crippen LogP contribution in [0, 0.1) is 11.3 Å². The maximum absolute atomic E-state index is 11.5. The van der Waals surface area contributed by atoms with Crippen LogP contribution in [0.2, 0.25) is 0 Å². The smallest absolute Gasteiger partial charge is 0.134 e. The van der Waals surface area contributed by atoms with Crippen LogP contribution in [0.1, 0.15) is 53.9 Å². The Balaban J connectivity index is 3.77. The summed E-state index contributed by atoms with van der Waals surface area (Å²) in [5.74, 6) is 0.703. The van der Waals surface area contributed by atoms with Crippen molar-refractivity contribution < 1.29 is 4.79 Å². The first-order valence-electron chi connectivity index (χ1n) is 5.49. The molecule has 2 heteroatoms. The van der Waals surface area contributed by atoms with Crippen LogP contribution in [0.5, 0.6) is 0 Å². The van der Waals surface area contributed by atoms with Crippen molar-refractivity contribution >= 4 is 5.78 Å². The lowest BCUT2D eigenvalue weighted by Crippen LogP contribution is -2.29. The van der Waals surface area contributed by atoms with Crippen LogP contribution >= 0.6 is 0 Å². The fourth-order valence-corrected chi connectivity index (χ4v) is 1.12. The van der Waals surface area contributed by atoms with Gasteiger partial charge in [-0.25, -0.2) is 0 Å². The van der Waals surface area contributed by atoms with Crippen molar-refractivity contribution in [1.82, 2.24) is 0 Å². The summed E-state index contributed by atoms with van der Waals surface area (Å²) >= 11 is 0. The molecule has 2 N–H and O–H groups in total. The fourth-order valence-electron chi connectivity index (χ4n) is 1.12.